The molecule has 0 saturated carbocycles. The van der Waals surface area contributed by atoms with Crippen molar-refractivity contribution in [2.75, 3.05) is 26.3 Å². The Balaban J connectivity index is 2.16. The third kappa shape index (κ3) is 2.61. The molecule has 1 aliphatic heterocycles. The Bertz CT molecular complexity index is 378. The van der Waals surface area contributed by atoms with Crippen LogP contribution in [0.15, 0.2) is 12.1 Å². The van der Waals surface area contributed by atoms with Crippen LogP contribution in [-0.4, -0.2) is 36.3 Å². The summed E-state index contributed by atoms with van der Waals surface area (Å²) in [6.45, 7) is 3.75. The largest absolute Gasteiger partial charge is 0.508 e. The van der Waals surface area contributed by atoms with Gasteiger partial charge in [0.25, 0.3) is 0 Å². The quantitative estimate of drug-likeness (QED) is 0.889. The molecule has 0 radical (unpaired) electrons. The maximum Gasteiger partial charge on any atom is 0.121 e. The first-order valence-corrected chi connectivity index (χ1v) is 5.90. The van der Waals surface area contributed by atoms with Crippen molar-refractivity contribution < 1.29 is 9.84 Å². The van der Waals surface area contributed by atoms with Crippen molar-refractivity contribution in [3.05, 3.63) is 27.7 Å². The number of benzene rings is 1. The van der Waals surface area contributed by atoms with E-state index in [0.717, 1.165) is 26.3 Å². The second-order valence-corrected chi connectivity index (χ2v) is 4.53. The first-order chi connectivity index (χ1) is 7.68. The van der Waals surface area contributed by atoms with Gasteiger partial charge >= 0.3 is 0 Å². The number of ether oxygens (including phenoxy) is 1. The summed E-state index contributed by atoms with van der Waals surface area (Å²) in [5, 5.41) is 10.7. The Labute approximate surface area is 105 Å². The van der Waals surface area contributed by atoms with E-state index in [4.69, 9.17) is 27.9 Å². The summed E-state index contributed by atoms with van der Waals surface area (Å²) in [7, 11) is 0. The third-order valence-electron chi connectivity index (χ3n) is 2.66. The molecule has 1 fully saturated rings. The lowest BCUT2D eigenvalue weighted by Crippen LogP contribution is -2.35. The number of rotatable bonds is 2. The molecule has 1 heterocycles. The van der Waals surface area contributed by atoms with E-state index < -0.39 is 0 Å². The van der Waals surface area contributed by atoms with Crippen LogP contribution in [0.25, 0.3) is 0 Å². The van der Waals surface area contributed by atoms with Gasteiger partial charge in [0.15, 0.2) is 0 Å². The van der Waals surface area contributed by atoms with E-state index in [9.17, 15) is 5.11 Å². The summed E-state index contributed by atoms with van der Waals surface area (Å²) in [4.78, 5) is 2.18. The highest BCUT2D eigenvalue weighted by Gasteiger charge is 2.16. The standard InChI is InChI=1S/C11H13Cl2NO2/c12-9-1-2-10(15)8(11(9)13)7-14-3-5-16-6-4-14/h1-2,15H,3-7H2. The van der Waals surface area contributed by atoms with Crippen LogP contribution in [0.3, 0.4) is 0 Å². The number of hydrogen-bond acceptors (Lipinski definition) is 3. The molecule has 1 aliphatic rings. The summed E-state index contributed by atoms with van der Waals surface area (Å²) in [5.41, 5.74) is 0.691. The molecular weight excluding hydrogens is 249 g/mol. The monoisotopic (exact) mass is 261 g/mol. The second kappa shape index (κ2) is 5.23. The van der Waals surface area contributed by atoms with Crippen molar-refractivity contribution in [3.63, 3.8) is 0 Å². The smallest absolute Gasteiger partial charge is 0.121 e. The number of morpholine rings is 1. The van der Waals surface area contributed by atoms with E-state index in [2.05, 4.69) is 4.90 Å². The fourth-order valence-electron chi connectivity index (χ4n) is 1.72. The summed E-state index contributed by atoms with van der Waals surface area (Å²) in [6.07, 6.45) is 0. The van der Waals surface area contributed by atoms with Gasteiger partial charge < -0.3 is 9.84 Å². The minimum atomic E-state index is 0.195. The van der Waals surface area contributed by atoms with Gasteiger partial charge in [-0.25, -0.2) is 0 Å². The van der Waals surface area contributed by atoms with Gasteiger partial charge in [0.2, 0.25) is 0 Å². The van der Waals surface area contributed by atoms with Crippen LogP contribution in [-0.2, 0) is 11.3 Å². The zero-order valence-corrected chi connectivity index (χ0v) is 10.3. The molecule has 0 aliphatic carbocycles. The van der Waals surface area contributed by atoms with E-state index in [1.807, 2.05) is 0 Å². The van der Waals surface area contributed by atoms with Crippen LogP contribution in [0.1, 0.15) is 5.56 Å². The van der Waals surface area contributed by atoms with Crippen molar-refractivity contribution in [2.24, 2.45) is 0 Å². The van der Waals surface area contributed by atoms with Crippen molar-refractivity contribution in [1.29, 1.82) is 0 Å². The van der Waals surface area contributed by atoms with Gasteiger partial charge in [-0.05, 0) is 12.1 Å². The molecule has 1 aromatic carbocycles. The summed E-state index contributed by atoms with van der Waals surface area (Å²) >= 11 is 12.0. The van der Waals surface area contributed by atoms with E-state index in [0.29, 0.717) is 22.2 Å². The minimum absolute atomic E-state index is 0.195. The number of halogens is 2. The average molecular weight is 262 g/mol. The van der Waals surface area contributed by atoms with Crippen LogP contribution in [0.4, 0.5) is 0 Å². The topological polar surface area (TPSA) is 32.7 Å². The molecule has 1 saturated heterocycles. The Kier molecular flexibility index (Phi) is 3.92. The Hall–Kier alpha value is -0.480. The maximum atomic E-state index is 9.75. The lowest BCUT2D eigenvalue weighted by Gasteiger charge is -2.27. The fourth-order valence-corrected chi connectivity index (χ4v) is 2.11. The summed E-state index contributed by atoms with van der Waals surface area (Å²) in [5.74, 6) is 0.195. The van der Waals surface area contributed by atoms with Crippen molar-refractivity contribution in [2.45, 2.75) is 6.54 Å². The summed E-state index contributed by atoms with van der Waals surface area (Å²) < 4.78 is 5.26. The molecule has 1 aromatic rings. The van der Waals surface area contributed by atoms with Gasteiger partial charge in [0.1, 0.15) is 5.75 Å². The number of aromatic hydroxyl groups is 1. The number of nitrogens with zero attached hydrogens (tertiary/aromatic N) is 1. The average Bonchev–Trinajstić information content (AvgIpc) is 2.31. The first-order valence-electron chi connectivity index (χ1n) is 5.14. The zero-order chi connectivity index (χ0) is 11.5. The molecule has 0 bridgehead atoms. The molecule has 2 rings (SSSR count). The number of phenolic OH excluding ortho intramolecular Hbond substituents is 1. The van der Waals surface area contributed by atoms with E-state index in [-0.39, 0.29) is 5.75 Å². The van der Waals surface area contributed by atoms with E-state index in [1.54, 1.807) is 12.1 Å². The molecule has 0 unspecified atom stereocenters. The molecule has 16 heavy (non-hydrogen) atoms. The molecule has 88 valence electrons. The van der Waals surface area contributed by atoms with Crippen molar-refractivity contribution >= 4 is 23.2 Å². The van der Waals surface area contributed by atoms with Gasteiger partial charge in [0.05, 0.1) is 23.3 Å². The van der Waals surface area contributed by atoms with E-state index in [1.165, 1.54) is 0 Å². The number of hydrogen-bond donors (Lipinski definition) is 1. The van der Waals surface area contributed by atoms with Crippen LogP contribution >= 0.6 is 23.2 Å². The zero-order valence-electron chi connectivity index (χ0n) is 8.75. The SMILES string of the molecule is Oc1ccc(Cl)c(Cl)c1CN1CCOCC1. The third-order valence-corrected chi connectivity index (χ3v) is 3.50. The Morgan fingerprint density at radius 2 is 1.94 bits per heavy atom. The Morgan fingerprint density at radius 3 is 2.62 bits per heavy atom. The van der Waals surface area contributed by atoms with Gasteiger partial charge in [-0.3, -0.25) is 4.90 Å². The normalized spacial score (nSPS) is 17.6. The summed E-state index contributed by atoms with van der Waals surface area (Å²) in [6, 6.07) is 3.17. The first kappa shape index (κ1) is 12.0. The fraction of sp³-hybridized carbons (Fsp3) is 0.455. The number of phenols is 1. The van der Waals surface area contributed by atoms with Gasteiger partial charge in [-0.2, -0.15) is 0 Å². The highest BCUT2D eigenvalue weighted by atomic mass is 35.5. The minimum Gasteiger partial charge on any atom is -0.508 e. The lowest BCUT2D eigenvalue weighted by molar-refractivity contribution is 0.0339. The van der Waals surface area contributed by atoms with Gasteiger partial charge in [-0.1, -0.05) is 23.2 Å². The second-order valence-electron chi connectivity index (χ2n) is 3.75. The molecule has 0 atom stereocenters. The van der Waals surface area contributed by atoms with Crippen LogP contribution in [0.2, 0.25) is 10.0 Å². The maximum absolute atomic E-state index is 9.75. The highest BCUT2D eigenvalue weighted by Crippen LogP contribution is 2.33. The molecule has 0 spiro atoms. The predicted octanol–water partition coefficient (Wildman–Crippen LogP) is 2.53. The van der Waals surface area contributed by atoms with Crippen molar-refractivity contribution in [1.82, 2.24) is 4.90 Å². The Morgan fingerprint density at radius 1 is 1.25 bits per heavy atom. The van der Waals surface area contributed by atoms with Gasteiger partial charge in [0, 0.05) is 25.2 Å². The lowest BCUT2D eigenvalue weighted by atomic mass is 10.2. The van der Waals surface area contributed by atoms with Crippen LogP contribution < -0.4 is 0 Å². The highest BCUT2D eigenvalue weighted by molar-refractivity contribution is 6.42. The molecule has 0 aromatic heterocycles. The van der Waals surface area contributed by atoms with E-state index >= 15 is 0 Å². The predicted molar refractivity (Wildman–Crippen MR) is 64.2 cm³/mol. The molecule has 0 amide bonds. The molecular formula is C11H13Cl2NO2. The van der Waals surface area contributed by atoms with Gasteiger partial charge in [-0.15, -0.1) is 0 Å². The van der Waals surface area contributed by atoms with Crippen LogP contribution in [0, 0.1) is 0 Å². The molecule has 5 heteroatoms. The van der Waals surface area contributed by atoms with Crippen molar-refractivity contribution in [3.8, 4) is 5.75 Å². The molecule has 1 N–H and O–H groups in total. The van der Waals surface area contributed by atoms with Crippen LogP contribution in [0.5, 0.6) is 5.75 Å². The molecule has 3 nitrogen and oxygen atoms in total.